The second-order valence-electron chi connectivity index (χ2n) is 6.91. The third-order valence-corrected chi connectivity index (χ3v) is 6.32. The summed E-state index contributed by atoms with van der Waals surface area (Å²) in [5.41, 5.74) is 7.08. The number of ether oxygens (including phenoxy) is 1. The maximum Gasteiger partial charge on any atom is 0.145 e. The Bertz CT molecular complexity index is 1110. The molecule has 1 aromatic heterocycles. The van der Waals surface area contributed by atoms with E-state index in [0.29, 0.717) is 0 Å². The van der Waals surface area contributed by atoms with Gasteiger partial charge in [0.15, 0.2) is 0 Å². The summed E-state index contributed by atoms with van der Waals surface area (Å²) >= 11 is 7.89. The number of hydrogen-bond donors (Lipinski definition) is 0. The molecular weight excluding hydrogens is 384 g/mol. The highest BCUT2D eigenvalue weighted by Crippen LogP contribution is 2.52. The van der Waals surface area contributed by atoms with Crippen LogP contribution in [-0.2, 0) is 0 Å². The molecule has 4 aromatic rings. The summed E-state index contributed by atoms with van der Waals surface area (Å²) in [6.45, 7) is 4.22. The molecule has 0 fully saturated rings. The van der Waals surface area contributed by atoms with Crippen molar-refractivity contribution in [3.8, 4) is 37.8 Å². The van der Waals surface area contributed by atoms with Crippen molar-refractivity contribution in [3.63, 3.8) is 0 Å². The van der Waals surface area contributed by atoms with E-state index in [1.54, 1.807) is 18.4 Å². The third-order valence-electron chi connectivity index (χ3n) is 4.80. The molecule has 140 valence electrons. The van der Waals surface area contributed by atoms with Gasteiger partial charge in [-0.3, -0.25) is 0 Å². The molecule has 0 aliphatic rings. The molecule has 0 bridgehead atoms. The molecule has 0 unspecified atom stereocenters. The topological polar surface area (TPSA) is 9.23 Å². The van der Waals surface area contributed by atoms with Crippen LogP contribution in [0.4, 0.5) is 0 Å². The van der Waals surface area contributed by atoms with E-state index in [0.717, 1.165) is 32.3 Å². The molecule has 28 heavy (non-hydrogen) atoms. The molecule has 0 spiro atoms. The molecular formula is C25H21ClOS. The molecule has 0 radical (unpaired) electrons. The zero-order valence-corrected chi connectivity index (χ0v) is 17.7. The molecule has 0 saturated heterocycles. The first-order valence-corrected chi connectivity index (χ1v) is 10.4. The highest BCUT2D eigenvalue weighted by Gasteiger charge is 2.22. The standard InChI is InChI=1S/C25H21ClOS/c1-16-7-9-18(10-8-16)22-23(27-3)25(20-6-4-5-17(2)15-20)28-24(22)19-11-13-21(26)14-12-19/h4-15H,1-3H3. The van der Waals surface area contributed by atoms with Crippen molar-refractivity contribution in [2.24, 2.45) is 0 Å². The number of hydrogen-bond acceptors (Lipinski definition) is 2. The van der Waals surface area contributed by atoms with Crippen molar-refractivity contribution in [2.45, 2.75) is 13.8 Å². The normalized spacial score (nSPS) is 10.9. The van der Waals surface area contributed by atoms with Crippen molar-refractivity contribution in [1.29, 1.82) is 0 Å². The van der Waals surface area contributed by atoms with Crippen LogP contribution >= 0.6 is 22.9 Å². The predicted molar refractivity (Wildman–Crippen MR) is 122 cm³/mol. The zero-order chi connectivity index (χ0) is 19.7. The summed E-state index contributed by atoms with van der Waals surface area (Å²) in [6.07, 6.45) is 0. The Kier molecular flexibility index (Phi) is 5.25. The third kappa shape index (κ3) is 3.58. The molecule has 0 aliphatic carbocycles. The van der Waals surface area contributed by atoms with Crippen LogP contribution in [0.5, 0.6) is 5.75 Å². The Balaban J connectivity index is 2.00. The fourth-order valence-electron chi connectivity index (χ4n) is 3.37. The first-order chi connectivity index (χ1) is 13.6. The molecule has 1 heterocycles. The van der Waals surface area contributed by atoms with Crippen LogP contribution in [0.3, 0.4) is 0 Å². The minimum absolute atomic E-state index is 0.739. The van der Waals surface area contributed by atoms with Gasteiger partial charge in [0, 0.05) is 15.5 Å². The van der Waals surface area contributed by atoms with Gasteiger partial charge in [-0.2, -0.15) is 0 Å². The Morgan fingerprint density at radius 3 is 2.04 bits per heavy atom. The average Bonchev–Trinajstić information content (AvgIpc) is 3.09. The quantitative estimate of drug-likeness (QED) is 0.334. The fourth-order valence-corrected chi connectivity index (χ4v) is 4.79. The van der Waals surface area contributed by atoms with Gasteiger partial charge >= 0.3 is 0 Å². The van der Waals surface area contributed by atoms with Crippen LogP contribution in [0, 0.1) is 13.8 Å². The van der Waals surface area contributed by atoms with Gasteiger partial charge in [0.1, 0.15) is 5.75 Å². The summed E-state index contributed by atoms with van der Waals surface area (Å²) in [5.74, 6) is 0.921. The molecule has 3 aromatic carbocycles. The fraction of sp³-hybridized carbons (Fsp3) is 0.120. The number of rotatable bonds is 4. The Hall–Kier alpha value is -2.55. The van der Waals surface area contributed by atoms with Crippen LogP contribution in [0.25, 0.3) is 32.0 Å². The highest BCUT2D eigenvalue weighted by molar-refractivity contribution is 7.20. The molecule has 1 nitrogen and oxygen atoms in total. The average molecular weight is 405 g/mol. The van der Waals surface area contributed by atoms with Crippen LogP contribution in [0.2, 0.25) is 5.02 Å². The number of halogens is 1. The number of benzene rings is 3. The monoisotopic (exact) mass is 404 g/mol. The van der Waals surface area contributed by atoms with E-state index < -0.39 is 0 Å². The number of thiophene rings is 1. The lowest BCUT2D eigenvalue weighted by Crippen LogP contribution is -1.88. The first kappa shape index (κ1) is 18.8. The minimum atomic E-state index is 0.739. The van der Waals surface area contributed by atoms with Crippen molar-refractivity contribution in [2.75, 3.05) is 7.11 Å². The van der Waals surface area contributed by atoms with Crippen molar-refractivity contribution < 1.29 is 4.74 Å². The predicted octanol–water partition coefficient (Wildman–Crippen LogP) is 8.03. The zero-order valence-electron chi connectivity index (χ0n) is 16.1. The van der Waals surface area contributed by atoms with Crippen molar-refractivity contribution in [3.05, 3.63) is 88.9 Å². The van der Waals surface area contributed by atoms with Crippen LogP contribution in [0.15, 0.2) is 72.8 Å². The summed E-state index contributed by atoms with van der Waals surface area (Å²) in [6, 6.07) is 25.2. The van der Waals surface area contributed by atoms with Crippen LogP contribution in [0.1, 0.15) is 11.1 Å². The van der Waals surface area contributed by atoms with Gasteiger partial charge in [0.2, 0.25) is 0 Å². The lowest BCUT2D eigenvalue weighted by Gasteiger charge is -2.09. The Labute approximate surface area is 175 Å². The Morgan fingerprint density at radius 1 is 0.714 bits per heavy atom. The van der Waals surface area contributed by atoms with E-state index in [-0.39, 0.29) is 0 Å². The largest absolute Gasteiger partial charge is 0.495 e. The lowest BCUT2D eigenvalue weighted by molar-refractivity contribution is 0.420. The summed E-state index contributed by atoms with van der Waals surface area (Å²) in [4.78, 5) is 2.33. The van der Waals surface area contributed by atoms with Gasteiger partial charge in [-0.1, -0.05) is 83.4 Å². The van der Waals surface area contributed by atoms with Crippen molar-refractivity contribution >= 4 is 22.9 Å². The molecule has 4 rings (SSSR count). The second kappa shape index (κ2) is 7.83. The number of aryl methyl sites for hydroxylation is 2. The van der Waals surface area contributed by atoms with Gasteiger partial charge in [-0.25, -0.2) is 0 Å². The van der Waals surface area contributed by atoms with Gasteiger partial charge in [0.05, 0.1) is 12.0 Å². The van der Waals surface area contributed by atoms with Gasteiger partial charge in [-0.15, -0.1) is 11.3 Å². The van der Waals surface area contributed by atoms with E-state index in [9.17, 15) is 0 Å². The summed E-state index contributed by atoms with van der Waals surface area (Å²) in [5, 5.41) is 0.739. The number of methoxy groups -OCH3 is 1. The van der Waals surface area contributed by atoms with Gasteiger partial charge in [0.25, 0.3) is 0 Å². The van der Waals surface area contributed by atoms with Crippen molar-refractivity contribution in [1.82, 2.24) is 0 Å². The molecule has 3 heteroatoms. The smallest absolute Gasteiger partial charge is 0.145 e. The van der Waals surface area contributed by atoms with E-state index >= 15 is 0 Å². The van der Waals surface area contributed by atoms with Crippen LogP contribution < -0.4 is 4.74 Å². The Morgan fingerprint density at radius 2 is 1.39 bits per heavy atom. The highest BCUT2D eigenvalue weighted by atomic mass is 35.5. The molecule has 0 aliphatic heterocycles. The van der Waals surface area contributed by atoms with Gasteiger partial charge < -0.3 is 4.74 Å². The SMILES string of the molecule is COc1c(-c2cccc(C)c2)sc(-c2ccc(Cl)cc2)c1-c1ccc(C)cc1. The van der Waals surface area contributed by atoms with E-state index in [1.165, 1.54) is 21.6 Å². The molecule has 0 atom stereocenters. The van der Waals surface area contributed by atoms with E-state index in [4.69, 9.17) is 16.3 Å². The molecule has 0 N–H and O–H groups in total. The van der Waals surface area contributed by atoms with Crippen LogP contribution in [-0.4, -0.2) is 7.11 Å². The maximum absolute atomic E-state index is 6.13. The summed E-state index contributed by atoms with van der Waals surface area (Å²) in [7, 11) is 1.75. The van der Waals surface area contributed by atoms with E-state index in [1.807, 2.05) is 12.1 Å². The minimum Gasteiger partial charge on any atom is -0.495 e. The van der Waals surface area contributed by atoms with Gasteiger partial charge in [-0.05, 0) is 42.7 Å². The summed E-state index contributed by atoms with van der Waals surface area (Å²) < 4.78 is 5.97. The first-order valence-electron chi connectivity index (χ1n) is 9.17. The maximum atomic E-state index is 6.13. The lowest BCUT2D eigenvalue weighted by atomic mass is 9.99. The molecule has 0 saturated carbocycles. The molecule has 0 amide bonds. The van der Waals surface area contributed by atoms with E-state index in [2.05, 4.69) is 74.5 Å². The second-order valence-corrected chi connectivity index (χ2v) is 8.37.